The maximum absolute atomic E-state index is 5.53. The lowest BCUT2D eigenvalue weighted by molar-refractivity contribution is 0.920. The third kappa shape index (κ3) is 4.38. The molecule has 4 N–H and O–H groups in total. The number of anilines is 2. The Bertz CT molecular complexity index is 553. The van der Waals surface area contributed by atoms with E-state index in [9.17, 15) is 0 Å². The Balaban J connectivity index is 1.73. The second-order valence-electron chi connectivity index (χ2n) is 4.55. The number of aryl methyl sites for hydroxylation is 2. The van der Waals surface area contributed by atoms with Gasteiger partial charge in [0.15, 0.2) is 0 Å². The van der Waals surface area contributed by atoms with Crippen LogP contribution in [0.1, 0.15) is 23.4 Å². The van der Waals surface area contributed by atoms with Crippen molar-refractivity contribution < 1.29 is 0 Å². The summed E-state index contributed by atoms with van der Waals surface area (Å²) in [5.41, 5.74) is 13.8. The van der Waals surface area contributed by atoms with E-state index in [-0.39, 0.29) is 11.9 Å². The Morgan fingerprint density at radius 3 is 2.45 bits per heavy atom. The minimum Gasteiger partial charge on any atom is -0.368 e. The van der Waals surface area contributed by atoms with Gasteiger partial charge in [0.05, 0.1) is 5.75 Å². The number of benzene rings is 1. The smallest absolute Gasteiger partial charge is 0.225 e. The van der Waals surface area contributed by atoms with Crippen LogP contribution in [-0.2, 0) is 12.2 Å². The van der Waals surface area contributed by atoms with E-state index in [4.69, 9.17) is 11.5 Å². The first-order valence-electron chi connectivity index (χ1n) is 6.53. The Hall–Kier alpha value is -1.82. The largest absolute Gasteiger partial charge is 0.368 e. The van der Waals surface area contributed by atoms with Crippen molar-refractivity contribution in [1.82, 2.24) is 15.0 Å². The van der Waals surface area contributed by atoms with Gasteiger partial charge in [-0.15, -0.1) is 0 Å². The summed E-state index contributed by atoms with van der Waals surface area (Å²) in [6, 6.07) is 8.50. The quantitative estimate of drug-likeness (QED) is 0.792. The van der Waals surface area contributed by atoms with Crippen LogP contribution in [0, 0.1) is 6.92 Å². The predicted octanol–water partition coefficient (Wildman–Crippen LogP) is 2.21. The van der Waals surface area contributed by atoms with Gasteiger partial charge in [-0.2, -0.15) is 26.7 Å². The van der Waals surface area contributed by atoms with Crippen molar-refractivity contribution in [3.05, 3.63) is 41.2 Å². The second kappa shape index (κ2) is 7.09. The molecule has 2 aromatic rings. The Morgan fingerprint density at radius 2 is 1.75 bits per heavy atom. The SMILES string of the molecule is Cc1ccccc1CCCSCc1nc(N)nc(N)n1. The van der Waals surface area contributed by atoms with E-state index in [1.165, 1.54) is 11.1 Å². The lowest BCUT2D eigenvalue weighted by Crippen LogP contribution is -2.06. The minimum absolute atomic E-state index is 0.188. The molecule has 0 aliphatic rings. The highest BCUT2D eigenvalue weighted by Crippen LogP contribution is 2.14. The van der Waals surface area contributed by atoms with Crippen molar-refractivity contribution in [1.29, 1.82) is 0 Å². The first kappa shape index (κ1) is 14.6. The van der Waals surface area contributed by atoms with Crippen LogP contribution in [0.3, 0.4) is 0 Å². The molecule has 5 nitrogen and oxygen atoms in total. The molecule has 1 aromatic carbocycles. The summed E-state index contributed by atoms with van der Waals surface area (Å²) in [5, 5.41) is 0. The molecule has 0 aliphatic heterocycles. The van der Waals surface area contributed by atoms with Gasteiger partial charge in [0.1, 0.15) is 5.82 Å². The van der Waals surface area contributed by atoms with Crippen molar-refractivity contribution in [3.8, 4) is 0 Å². The summed E-state index contributed by atoms with van der Waals surface area (Å²) in [5.74, 6) is 2.79. The van der Waals surface area contributed by atoms with Crippen LogP contribution in [0.2, 0.25) is 0 Å². The average molecular weight is 289 g/mol. The molecule has 0 amide bonds. The number of rotatable bonds is 6. The van der Waals surface area contributed by atoms with E-state index in [2.05, 4.69) is 46.1 Å². The maximum atomic E-state index is 5.53. The number of hydrogen-bond donors (Lipinski definition) is 2. The fourth-order valence-electron chi connectivity index (χ4n) is 1.94. The Morgan fingerprint density at radius 1 is 1.05 bits per heavy atom. The summed E-state index contributed by atoms with van der Waals surface area (Å²) in [7, 11) is 0. The topological polar surface area (TPSA) is 90.7 Å². The van der Waals surface area contributed by atoms with E-state index in [0.717, 1.165) is 18.6 Å². The Labute approximate surface area is 123 Å². The van der Waals surface area contributed by atoms with Crippen LogP contribution in [0.15, 0.2) is 24.3 Å². The lowest BCUT2D eigenvalue weighted by atomic mass is 10.1. The van der Waals surface area contributed by atoms with Crippen molar-refractivity contribution in [2.45, 2.75) is 25.5 Å². The summed E-state index contributed by atoms with van der Waals surface area (Å²) in [6.07, 6.45) is 2.23. The van der Waals surface area contributed by atoms with Crippen LogP contribution >= 0.6 is 11.8 Å². The number of nitrogen functional groups attached to an aromatic ring is 2. The van der Waals surface area contributed by atoms with E-state index in [1.54, 1.807) is 11.8 Å². The molecular weight excluding hydrogens is 270 g/mol. The molecule has 1 heterocycles. The molecule has 6 heteroatoms. The highest BCUT2D eigenvalue weighted by Gasteiger charge is 2.02. The standard InChI is InChI=1S/C14H19N5S/c1-10-5-2-3-6-11(10)7-4-8-20-9-12-17-13(15)19-14(16)18-12/h2-3,5-6H,4,7-9H2,1H3,(H4,15,16,17,18,19). The summed E-state index contributed by atoms with van der Waals surface area (Å²) < 4.78 is 0. The van der Waals surface area contributed by atoms with Gasteiger partial charge in [0, 0.05) is 0 Å². The molecule has 0 bridgehead atoms. The van der Waals surface area contributed by atoms with Crippen molar-refractivity contribution >= 4 is 23.7 Å². The maximum Gasteiger partial charge on any atom is 0.225 e. The van der Waals surface area contributed by atoms with Gasteiger partial charge in [-0.05, 0) is 36.6 Å². The van der Waals surface area contributed by atoms with Gasteiger partial charge in [0.25, 0.3) is 0 Å². The number of nitrogens with two attached hydrogens (primary N) is 2. The van der Waals surface area contributed by atoms with Crippen LogP contribution in [0.5, 0.6) is 0 Å². The average Bonchev–Trinajstić information content (AvgIpc) is 2.39. The third-order valence-electron chi connectivity index (χ3n) is 2.94. The Kier molecular flexibility index (Phi) is 5.17. The fraction of sp³-hybridized carbons (Fsp3) is 0.357. The van der Waals surface area contributed by atoms with E-state index in [1.807, 2.05) is 0 Å². The second-order valence-corrected chi connectivity index (χ2v) is 5.66. The van der Waals surface area contributed by atoms with Gasteiger partial charge < -0.3 is 11.5 Å². The van der Waals surface area contributed by atoms with Crippen molar-refractivity contribution in [3.63, 3.8) is 0 Å². The number of thioether (sulfide) groups is 1. The first-order valence-corrected chi connectivity index (χ1v) is 7.69. The van der Waals surface area contributed by atoms with E-state index < -0.39 is 0 Å². The highest BCUT2D eigenvalue weighted by atomic mass is 32.2. The minimum atomic E-state index is 0.188. The number of aromatic nitrogens is 3. The first-order chi connectivity index (χ1) is 9.65. The molecule has 106 valence electrons. The summed E-state index contributed by atoms with van der Waals surface area (Å²) >= 11 is 1.78. The van der Waals surface area contributed by atoms with Crippen molar-refractivity contribution in [2.24, 2.45) is 0 Å². The molecule has 1 aromatic heterocycles. The number of nitrogens with zero attached hydrogens (tertiary/aromatic N) is 3. The normalized spacial score (nSPS) is 10.7. The van der Waals surface area contributed by atoms with Gasteiger partial charge in [-0.25, -0.2) is 0 Å². The molecule has 0 saturated heterocycles. The predicted molar refractivity (Wildman–Crippen MR) is 84.3 cm³/mol. The molecule has 0 fully saturated rings. The number of hydrogen-bond acceptors (Lipinski definition) is 6. The molecule has 0 atom stereocenters. The van der Waals surface area contributed by atoms with Crippen LogP contribution in [-0.4, -0.2) is 20.7 Å². The van der Waals surface area contributed by atoms with Gasteiger partial charge in [0.2, 0.25) is 11.9 Å². The molecule has 0 unspecified atom stereocenters. The third-order valence-corrected chi connectivity index (χ3v) is 3.98. The zero-order valence-corrected chi connectivity index (χ0v) is 12.4. The van der Waals surface area contributed by atoms with E-state index >= 15 is 0 Å². The van der Waals surface area contributed by atoms with Crippen molar-refractivity contribution in [2.75, 3.05) is 17.2 Å². The summed E-state index contributed by atoms with van der Waals surface area (Å²) in [4.78, 5) is 11.9. The molecule has 0 saturated carbocycles. The molecular formula is C14H19N5S. The van der Waals surface area contributed by atoms with Gasteiger partial charge in [-0.3, -0.25) is 0 Å². The fourth-order valence-corrected chi connectivity index (χ4v) is 2.74. The molecule has 0 spiro atoms. The molecule has 0 aliphatic carbocycles. The molecule has 2 rings (SSSR count). The van der Waals surface area contributed by atoms with Crippen LogP contribution in [0.25, 0.3) is 0 Å². The zero-order valence-electron chi connectivity index (χ0n) is 11.5. The van der Waals surface area contributed by atoms with Crippen LogP contribution < -0.4 is 11.5 Å². The summed E-state index contributed by atoms with van der Waals surface area (Å²) in [6.45, 7) is 2.15. The zero-order chi connectivity index (χ0) is 14.4. The molecule has 20 heavy (non-hydrogen) atoms. The monoisotopic (exact) mass is 289 g/mol. The van der Waals surface area contributed by atoms with E-state index in [0.29, 0.717) is 11.6 Å². The molecule has 0 radical (unpaired) electrons. The van der Waals surface area contributed by atoms with Crippen LogP contribution in [0.4, 0.5) is 11.9 Å². The highest BCUT2D eigenvalue weighted by molar-refractivity contribution is 7.98. The van der Waals surface area contributed by atoms with Gasteiger partial charge in [-0.1, -0.05) is 24.3 Å². The van der Waals surface area contributed by atoms with Gasteiger partial charge >= 0.3 is 0 Å². The lowest BCUT2D eigenvalue weighted by Gasteiger charge is -2.05.